The van der Waals surface area contributed by atoms with Gasteiger partial charge in [-0.05, 0) is 54.2 Å². The van der Waals surface area contributed by atoms with E-state index in [0.29, 0.717) is 21.4 Å². The Balaban J connectivity index is 1.88. The first kappa shape index (κ1) is 18.4. The molecular formula is C18H12Cl2N2O3S. The lowest BCUT2D eigenvalue weighted by Crippen LogP contribution is -2.51. The molecule has 8 heteroatoms. The third-order valence-electron chi connectivity index (χ3n) is 3.50. The van der Waals surface area contributed by atoms with E-state index >= 15 is 0 Å². The lowest BCUT2D eigenvalue weighted by molar-refractivity contribution is -0.123. The van der Waals surface area contributed by atoms with Crippen molar-refractivity contribution in [2.45, 2.75) is 6.61 Å². The molecule has 2 amide bonds. The van der Waals surface area contributed by atoms with Crippen LogP contribution in [-0.2, 0) is 16.2 Å². The number of amides is 2. The maximum atomic E-state index is 12.0. The second kappa shape index (κ2) is 7.86. The molecular weight excluding hydrogens is 395 g/mol. The molecule has 2 aromatic rings. The Bertz CT molecular complexity index is 922. The lowest BCUT2D eigenvalue weighted by Gasteiger charge is -2.17. The number of carbonyl (C=O) groups is 2. The van der Waals surface area contributed by atoms with Crippen molar-refractivity contribution < 1.29 is 14.3 Å². The molecule has 26 heavy (non-hydrogen) atoms. The zero-order valence-electron chi connectivity index (χ0n) is 13.2. The minimum Gasteiger partial charge on any atom is -0.488 e. The van der Waals surface area contributed by atoms with E-state index in [1.165, 1.54) is 6.08 Å². The summed E-state index contributed by atoms with van der Waals surface area (Å²) in [5.41, 5.74) is 1.28. The van der Waals surface area contributed by atoms with Crippen LogP contribution in [0.5, 0.6) is 5.75 Å². The summed E-state index contributed by atoms with van der Waals surface area (Å²) in [6, 6.07) is 12.2. The summed E-state index contributed by atoms with van der Waals surface area (Å²) in [5, 5.41) is 5.79. The second-order valence-corrected chi connectivity index (χ2v) is 6.68. The minimum atomic E-state index is -0.584. The Morgan fingerprint density at radius 3 is 2.38 bits per heavy atom. The molecule has 1 fully saturated rings. The molecule has 3 rings (SSSR count). The van der Waals surface area contributed by atoms with Crippen LogP contribution in [0.3, 0.4) is 0 Å². The van der Waals surface area contributed by atoms with Crippen molar-refractivity contribution in [1.29, 1.82) is 0 Å². The summed E-state index contributed by atoms with van der Waals surface area (Å²) in [6.07, 6.45) is 1.41. The highest BCUT2D eigenvalue weighted by molar-refractivity contribution is 7.80. The van der Waals surface area contributed by atoms with Crippen LogP contribution in [0.2, 0.25) is 10.0 Å². The van der Waals surface area contributed by atoms with Crippen LogP contribution in [-0.4, -0.2) is 16.9 Å². The number of hydrogen-bond donors (Lipinski definition) is 2. The molecule has 0 atom stereocenters. The van der Waals surface area contributed by atoms with Gasteiger partial charge in [0.1, 0.15) is 17.9 Å². The van der Waals surface area contributed by atoms with Crippen molar-refractivity contribution in [1.82, 2.24) is 10.6 Å². The van der Waals surface area contributed by atoms with Crippen LogP contribution in [0.15, 0.2) is 48.0 Å². The SMILES string of the molecule is O=C1NC(=S)NC(=O)C1=Cc1cc(Cl)ccc1OCc1cccc(Cl)c1. The molecule has 0 unspecified atom stereocenters. The van der Waals surface area contributed by atoms with E-state index < -0.39 is 11.8 Å². The average molecular weight is 407 g/mol. The third kappa shape index (κ3) is 4.40. The van der Waals surface area contributed by atoms with E-state index in [-0.39, 0.29) is 17.3 Å². The number of carbonyl (C=O) groups excluding carboxylic acids is 2. The van der Waals surface area contributed by atoms with Crippen LogP contribution >= 0.6 is 35.4 Å². The van der Waals surface area contributed by atoms with E-state index in [9.17, 15) is 9.59 Å². The molecule has 132 valence electrons. The molecule has 1 aliphatic rings. The molecule has 1 saturated heterocycles. The second-order valence-electron chi connectivity index (χ2n) is 5.40. The fourth-order valence-electron chi connectivity index (χ4n) is 2.31. The van der Waals surface area contributed by atoms with Gasteiger partial charge >= 0.3 is 0 Å². The number of thiocarbonyl (C=S) groups is 1. The maximum absolute atomic E-state index is 12.0. The summed E-state index contributed by atoms with van der Waals surface area (Å²) in [4.78, 5) is 24.0. The molecule has 1 heterocycles. The number of hydrogen-bond acceptors (Lipinski definition) is 4. The third-order valence-corrected chi connectivity index (χ3v) is 4.17. The van der Waals surface area contributed by atoms with Crippen LogP contribution < -0.4 is 15.4 Å². The van der Waals surface area contributed by atoms with E-state index in [0.717, 1.165) is 5.56 Å². The number of ether oxygens (including phenoxy) is 1. The van der Waals surface area contributed by atoms with Crippen LogP contribution in [0, 0.1) is 0 Å². The molecule has 0 aliphatic carbocycles. The van der Waals surface area contributed by atoms with Gasteiger partial charge in [-0.15, -0.1) is 0 Å². The highest BCUT2D eigenvalue weighted by atomic mass is 35.5. The molecule has 0 aromatic heterocycles. The largest absolute Gasteiger partial charge is 0.488 e. The van der Waals surface area contributed by atoms with Crippen LogP contribution in [0.4, 0.5) is 0 Å². The summed E-state index contributed by atoms with van der Waals surface area (Å²) in [5.74, 6) is -0.699. The molecule has 0 saturated carbocycles. The average Bonchev–Trinajstić information content (AvgIpc) is 2.57. The molecule has 5 nitrogen and oxygen atoms in total. The summed E-state index contributed by atoms with van der Waals surface area (Å²) in [6.45, 7) is 0.265. The first-order valence-electron chi connectivity index (χ1n) is 7.47. The van der Waals surface area contributed by atoms with Crippen molar-refractivity contribution in [2.75, 3.05) is 0 Å². The van der Waals surface area contributed by atoms with E-state index in [4.69, 9.17) is 40.2 Å². The van der Waals surface area contributed by atoms with Crippen LogP contribution in [0.1, 0.15) is 11.1 Å². The Hall–Kier alpha value is -2.41. The van der Waals surface area contributed by atoms with Gasteiger partial charge in [0.25, 0.3) is 11.8 Å². The monoisotopic (exact) mass is 406 g/mol. The Kier molecular flexibility index (Phi) is 5.56. The highest BCUT2D eigenvalue weighted by Crippen LogP contribution is 2.27. The Morgan fingerprint density at radius 1 is 1.00 bits per heavy atom. The number of halogens is 2. The minimum absolute atomic E-state index is 0.0272. The van der Waals surface area contributed by atoms with Crippen molar-refractivity contribution in [3.05, 3.63) is 69.2 Å². The molecule has 0 radical (unpaired) electrons. The predicted molar refractivity (Wildman–Crippen MR) is 104 cm³/mol. The molecule has 0 spiro atoms. The van der Waals surface area contributed by atoms with Gasteiger partial charge in [-0.3, -0.25) is 20.2 Å². The van der Waals surface area contributed by atoms with Crippen LogP contribution in [0.25, 0.3) is 6.08 Å². The van der Waals surface area contributed by atoms with Gasteiger partial charge in [0.05, 0.1) is 0 Å². The van der Waals surface area contributed by atoms with Crippen molar-refractivity contribution in [2.24, 2.45) is 0 Å². The number of rotatable bonds is 4. The molecule has 1 aliphatic heterocycles. The maximum Gasteiger partial charge on any atom is 0.263 e. The Morgan fingerprint density at radius 2 is 1.69 bits per heavy atom. The fourth-order valence-corrected chi connectivity index (χ4v) is 2.89. The van der Waals surface area contributed by atoms with E-state index in [1.54, 1.807) is 30.3 Å². The first-order chi connectivity index (χ1) is 12.4. The van der Waals surface area contributed by atoms with Gasteiger partial charge in [-0.25, -0.2) is 0 Å². The Labute approximate surface area is 164 Å². The van der Waals surface area contributed by atoms with Crippen molar-refractivity contribution in [3.8, 4) is 5.75 Å². The highest BCUT2D eigenvalue weighted by Gasteiger charge is 2.26. The summed E-state index contributed by atoms with van der Waals surface area (Å²) in [7, 11) is 0. The molecule has 2 N–H and O–H groups in total. The van der Waals surface area contributed by atoms with Gasteiger partial charge in [0, 0.05) is 15.6 Å². The quantitative estimate of drug-likeness (QED) is 0.463. The smallest absolute Gasteiger partial charge is 0.263 e. The van der Waals surface area contributed by atoms with E-state index in [1.807, 2.05) is 12.1 Å². The van der Waals surface area contributed by atoms with Gasteiger partial charge in [0.15, 0.2) is 5.11 Å². The standard InChI is InChI=1S/C18H12Cl2N2O3S/c19-12-3-1-2-10(6-12)9-25-15-5-4-13(20)7-11(15)8-14-16(23)21-18(26)22-17(14)24/h1-8H,9H2,(H2,21,22,23,24,26). The van der Waals surface area contributed by atoms with Gasteiger partial charge in [-0.2, -0.15) is 0 Å². The van der Waals surface area contributed by atoms with Gasteiger partial charge in [0.2, 0.25) is 0 Å². The van der Waals surface area contributed by atoms with E-state index in [2.05, 4.69) is 10.6 Å². The summed E-state index contributed by atoms with van der Waals surface area (Å²) >= 11 is 16.8. The predicted octanol–water partition coefficient (Wildman–Crippen LogP) is 3.49. The zero-order chi connectivity index (χ0) is 18.7. The lowest BCUT2D eigenvalue weighted by atomic mass is 10.1. The van der Waals surface area contributed by atoms with Gasteiger partial charge in [-0.1, -0.05) is 35.3 Å². The topological polar surface area (TPSA) is 67.4 Å². The number of benzene rings is 2. The normalized spacial score (nSPS) is 13.9. The van der Waals surface area contributed by atoms with Gasteiger partial charge < -0.3 is 4.74 Å². The number of nitrogens with one attached hydrogen (secondary N) is 2. The molecule has 0 bridgehead atoms. The zero-order valence-corrected chi connectivity index (χ0v) is 15.5. The first-order valence-corrected chi connectivity index (χ1v) is 8.64. The molecule has 2 aromatic carbocycles. The fraction of sp³-hybridized carbons (Fsp3) is 0.0556. The van der Waals surface area contributed by atoms with Crippen molar-refractivity contribution >= 4 is 58.4 Å². The summed E-state index contributed by atoms with van der Waals surface area (Å²) < 4.78 is 5.82. The van der Waals surface area contributed by atoms with Crippen molar-refractivity contribution in [3.63, 3.8) is 0 Å².